The first-order valence-corrected chi connectivity index (χ1v) is 6.84. The summed E-state index contributed by atoms with van der Waals surface area (Å²) < 4.78 is 21.6. The molecule has 0 N–H and O–H groups in total. The fraction of sp³-hybridized carbons (Fsp3) is 0.733. The first kappa shape index (κ1) is 18.2. The molecule has 4 heteroatoms. The molecule has 0 aromatic rings. The van der Waals surface area contributed by atoms with Crippen LogP contribution < -0.4 is 0 Å². The van der Waals surface area contributed by atoms with E-state index in [2.05, 4.69) is 19.1 Å². The highest BCUT2D eigenvalue weighted by molar-refractivity contribution is 5.06. The summed E-state index contributed by atoms with van der Waals surface area (Å²) in [5.41, 5.74) is 0.932. The molecule has 0 aromatic carbocycles. The van der Waals surface area contributed by atoms with Gasteiger partial charge in [0.05, 0.1) is 6.61 Å². The Bertz CT molecular complexity index is 271. The molecule has 1 atom stereocenters. The summed E-state index contributed by atoms with van der Waals surface area (Å²) >= 11 is 0. The summed E-state index contributed by atoms with van der Waals surface area (Å²) in [7, 11) is 1.63. The lowest BCUT2D eigenvalue weighted by Crippen LogP contribution is -2.19. The van der Waals surface area contributed by atoms with Gasteiger partial charge in [-0.2, -0.15) is 0 Å². The maximum Gasteiger partial charge on any atom is 0.188 e. The van der Waals surface area contributed by atoms with Crippen LogP contribution >= 0.6 is 0 Å². The van der Waals surface area contributed by atoms with E-state index in [1.165, 1.54) is 0 Å². The first-order chi connectivity index (χ1) is 9.17. The van der Waals surface area contributed by atoms with Crippen molar-refractivity contribution in [1.82, 2.24) is 0 Å². The summed E-state index contributed by atoms with van der Waals surface area (Å²) in [6.45, 7) is 9.40. The van der Waals surface area contributed by atoms with Crippen LogP contribution in [0.25, 0.3) is 0 Å². The second kappa shape index (κ2) is 12.2. The third-order valence-electron chi connectivity index (χ3n) is 2.64. The molecule has 0 aliphatic rings. The van der Waals surface area contributed by atoms with E-state index in [-0.39, 0.29) is 13.1 Å². The molecule has 0 rings (SSSR count). The molecule has 1 unspecified atom stereocenters. The van der Waals surface area contributed by atoms with Crippen molar-refractivity contribution in [3.63, 3.8) is 0 Å². The van der Waals surface area contributed by atoms with E-state index < -0.39 is 0 Å². The standard InChI is InChI=1S/C15H28O4/c1-6-8-9-10-11-18-15(16-5)13(3)14(4)19-12-17-7-2/h8-9,15H,6-7,10-12H2,1-5H3/b9-8+,14-13-. The van der Waals surface area contributed by atoms with Crippen LogP contribution in [0.2, 0.25) is 0 Å². The fourth-order valence-corrected chi connectivity index (χ4v) is 1.39. The van der Waals surface area contributed by atoms with Gasteiger partial charge in [-0.3, -0.25) is 0 Å². The van der Waals surface area contributed by atoms with E-state index in [0.29, 0.717) is 13.2 Å². The molecule has 0 aliphatic heterocycles. The topological polar surface area (TPSA) is 36.9 Å². The van der Waals surface area contributed by atoms with Crippen LogP contribution in [-0.4, -0.2) is 33.4 Å². The fourth-order valence-electron chi connectivity index (χ4n) is 1.39. The van der Waals surface area contributed by atoms with Gasteiger partial charge in [0.25, 0.3) is 0 Å². The van der Waals surface area contributed by atoms with Gasteiger partial charge in [-0.05, 0) is 33.6 Å². The minimum Gasteiger partial charge on any atom is -0.472 e. The number of rotatable bonds is 11. The summed E-state index contributed by atoms with van der Waals surface area (Å²) in [6.07, 6.45) is 5.82. The predicted octanol–water partition coefficient (Wildman–Crippen LogP) is 3.64. The second-order valence-electron chi connectivity index (χ2n) is 4.10. The largest absolute Gasteiger partial charge is 0.472 e. The number of ether oxygens (including phenoxy) is 4. The van der Waals surface area contributed by atoms with Gasteiger partial charge in [0.2, 0.25) is 0 Å². The molecule has 0 radical (unpaired) electrons. The molecule has 4 nitrogen and oxygen atoms in total. The molecule has 0 amide bonds. The molecule has 19 heavy (non-hydrogen) atoms. The highest BCUT2D eigenvalue weighted by atomic mass is 16.7. The van der Waals surface area contributed by atoms with Gasteiger partial charge in [0.15, 0.2) is 13.1 Å². The lowest BCUT2D eigenvalue weighted by atomic mass is 10.2. The molecule has 0 heterocycles. The Balaban J connectivity index is 4.16. The van der Waals surface area contributed by atoms with Gasteiger partial charge >= 0.3 is 0 Å². The smallest absolute Gasteiger partial charge is 0.188 e. The van der Waals surface area contributed by atoms with Gasteiger partial charge in [-0.1, -0.05) is 19.1 Å². The molecular formula is C15H28O4. The van der Waals surface area contributed by atoms with Crippen LogP contribution in [0.4, 0.5) is 0 Å². The zero-order chi connectivity index (χ0) is 14.5. The average Bonchev–Trinajstić information content (AvgIpc) is 2.42. The van der Waals surface area contributed by atoms with Crippen LogP contribution in [0.1, 0.15) is 40.5 Å². The van der Waals surface area contributed by atoms with Crippen molar-refractivity contribution in [1.29, 1.82) is 0 Å². The first-order valence-electron chi connectivity index (χ1n) is 6.84. The van der Waals surface area contributed by atoms with Crippen LogP contribution in [0.5, 0.6) is 0 Å². The van der Waals surface area contributed by atoms with E-state index in [4.69, 9.17) is 18.9 Å². The Kier molecular flexibility index (Phi) is 11.7. The Morgan fingerprint density at radius 1 is 1.16 bits per heavy atom. The van der Waals surface area contributed by atoms with Gasteiger partial charge in [0.1, 0.15) is 5.76 Å². The molecule has 0 saturated heterocycles. The Hall–Kier alpha value is -0.840. The number of hydrogen-bond donors (Lipinski definition) is 0. The molecule has 0 spiro atoms. The Labute approximate surface area is 117 Å². The van der Waals surface area contributed by atoms with Crippen molar-refractivity contribution >= 4 is 0 Å². The van der Waals surface area contributed by atoms with E-state index in [9.17, 15) is 0 Å². The number of hydrogen-bond acceptors (Lipinski definition) is 4. The van der Waals surface area contributed by atoms with Crippen LogP contribution in [-0.2, 0) is 18.9 Å². The zero-order valence-corrected chi connectivity index (χ0v) is 12.9. The predicted molar refractivity (Wildman–Crippen MR) is 76.7 cm³/mol. The third-order valence-corrected chi connectivity index (χ3v) is 2.64. The van der Waals surface area contributed by atoms with E-state index in [0.717, 1.165) is 24.2 Å². The molecule has 0 bridgehead atoms. The normalized spacial score (nSPS) is 14.6. The highest BCUT2D eigenvalue weighted by Crippen LogP contribution is 2.14. The lowest BCUT2D eigenvalue weighted by Gasteiger charge is -2.19. The Morgan fingerprint density at radius 2 is 1.89 bits per heavy atom. The van der Waals surface area contributed by atoms with Crippen molar-refractivity contribution in [2.24, 2.45) is 0 Å². The van der Waals surface area contributed by atoms with Crippen molar-refractivity contribution in [2.45, 2.75) is 46.8 Å². The van der Waals surface area contributed by atoms with Gasteiger partial charge in [-0.25, -0.2) is 0 Å². The average molecular weight is 272 g/mol. The lowest BCUT2D eigenvalue weighted by molar-refractivity contribution is -0.101. The molecule has 0 aromatic heterocycles. The van der Waals surface area contributed by atoms with Crippen molar-refractivity contribution in [3.05, 3.63) is 23.5 Å². The monoisotopic (exact) mass is 272 g/mol. The van der Waals surface area contributed by atoms with Crippen molar-refractivity contribution in [2.75, 3.05) is 27.1 Å². The number of allylic oxidation sites excluding steroid dienone is 2. The maximum atomic E-state index is 5.67. The minimum absolute atomic E-state index is 0.259. The van der Waals surface area contributed by atoms with Gasteiger partial charge < -0.3 is 18.9 Å². The van der Waals surface area contributed by atoms with Crippen molar-refractivity contribution in [3.8, 4) is 0 Å². The second-order valence-corrected chi connectivity index (χ2v) is 4.10. The summed E-state index contributed by atoms with van der Waals surface area (Å²) in [5.74, 6) is 0.782. The quantitative estimate of drug-likeness (QED) is 0.249. The molecule has 0 saturated carbocycles. The molecule has 0 fully saturated rings. The SMILES string of the molecule is CC/C=C/CCOC(OC)/C(C)=C(/C)OCOCC. The summed E-state index contributed by atoms with van der Waals surface area (Å²) in [4.78, 5) is 0. The minimum atomic E-state index is -0.364. The summed E-state index contributed by atoms with van der Waals surface area (Å²) in [5, 5.41) is 0. The Morgan fingerprint density at radius 3 is 2.47 bits per heavy atom. The van der Waals surface area contributed by atoms with Crippen LogP contribution in [0, 0.1) is 0 Å². The van der Waals surface area contributed by atoms with Gasteiger partial charge in [0, 0.05) is 19.3 Å². The van der Waals surface area contributed by atoms with Crippen molar-refractivity contribution < 1.29 is 18.9 Å². The number of methoxy groups -OCH3 is 1. The van der Waals surface area contributed by atoms with Crippen LogP contribution in [0.3, 0.4) is 0 Å². The summed E-state index contributed by atoms with van der Waals surface area (Å²) in [6, 6.07) is 0. The van der Waals surface area contributed by atoms with E-state index in [1.807, 2.05) is 20.8 Å². The maximum absolute atomic E-state index is 5.67. The molecule has 112 valence electrons. The van der Waals surface area contributed by atoms with E-state index in [1.54, 1.807) is 7.11 Å². The zero-order valence-electron chi connectivity index (χ0n) is 12.9. The third kappa shape index (κ3) is 8.81. The molecular weight excluding hydrogens is 244 g/mol. The van der Waals surface area contributed by atoms with Gasteiger partial charge in [-0.15, -0.1) is 0 Å². The van der Waals surface area contributed by atoms with E-state index >= 15 is 0 Å². The molecule has 0 aliphatic carbocycles. The highest BCUT2D eigenvalue weighted by Gasteiger charge is 2.13. The van der Waals surface area contributed by atoms with Crippen LogP contribution in [0.15, 0.2) is 23.5 Å².